The molecule has 0 spiro atoms. The number of nitrogens with zero attached hydrogens (tertiary/aromatic N) is 1. The Balaban J connectivity index is 2.68. The molecule has 2 nitrogen and oxygen atoms in total. The van der Waals surface area contributed by atoms with Crippen LogP contribution in [0.4, 0.5) is 4.39 Å². The van der Waals surface area contributed by atoms with E-state index in [4.69, 9.17) is 12.2 Å². The molecule has 0 aliphatic rings. The van der Waals surface area contributed by atoms with E-state index in [1.807, 2.05) is 13.8 Å². The summed E-state index contributed by atoms with van der Waals surface area (Å²) in [6.45, 7) is 3.94. The summed E-state index contributed by atoms with van der Waals surface area (Å²) in [5.41, 5.74) is 2.66. The van der Waals surface area contributed by atoms with Crippen LogP contribution in [0.1, 0.15) is 18.2 Å². The molecule has 0 saturated carbocycles. The smallest absolute Gasteiger partial charge is 0.144 e. The van der Waals surface area contributed by atoms with Gasteiger partial charge in [-0.25, -0.2) is 9.37 Å². The van der Waals surface area contributed by atoms with Crippen LogP contribution < -0.4 is 0 Å². The highest BCUT2D eigenvalue weighted by molar-refractivity contribution is 9.10. The van der Waals surface area contributed by atoms with Crippen LogP contribution >= 0.6 is 28.1 Å². The summed E-state index contributed by atoms with van der Waals surface area (Å²) in [5.74, 6) is 0.328. The molecule has 0 saturated heterocycles. The van der Waals surface area contributed by atoms with Crippen molar-refractivity contribution < 1.29 is 4.39 Å². The molecule has 0 atom stereocenters. The first-order chi connectivity index (χ1) is 8.52. The fourth-order valence-electron chi connectivity index (χ4n) is 1.73. The number of halogens is 2. The van der Waals surface area contributed by atoms with E-state index < -0.39 is 0 Å². The lowest BCUT2D eigenvalue weighted by molar-refractivity contribution is 0.627. The molecule has 5 heteroatoms. The molecule has 0 aliphatic heterocycles. The van der Waals surface area contributed by atoms with Gasteiger partial charge in [-0.1, -0.05) is 25.2 Å². The van der Waals surface area contributed by atoms with Crippen molar-refractivity contribution in [3.63, 3.8) is 0 Å². The fraction of sp³-hybridized carbons (Fsp3) is 0.231. The predicted molar refractivity (Wildman–Crippen MR) is 76.6 cm³/mol. The first-order valence-corrected chi connectivity index (χ1v) is 6.78. The van der Waals surface area contributed by atoms with Crippen molar-refractivity contribution in [3.05, 3.63) is 44.4 Å². The monoisotopic (exact) mass is 326 g/mol. The Labute approximate surface area is 118 Å². The number of H-pyrrole nitrogens is 1. The van der Waals surface area contributed by atoms with Crippen LogP contribution in [0.5, 0.6) is 0 Å². The van der Waals surface area contributed by atoms with Crippen molar-refractivity contribution in [2.45, 2.75) is 20.3 Å². The lowest BCUT2D eigenvalue weighted by atomic mass is 10.1. The zero-order valence-corrected chi connectivity index (χ0v) is 12.5. The molecule has 1 aromatic carbocycles. The number of aromatic nitrogens is 2. The standard InChI is InChI=1S/C13H12BrFN2S/c1-3-10-11(14)13(18)17-12(16-10)9-6-8(15)5-4-7(9)2/h4-6H,3H2,1-2H3,(H,16,17,18). The third-order valence-electron chi connectivity index (χ3n) is 2.74. The quantitative estimate of drug-likeness (QED) is 0.818. The van der Waals surface area contributed by atoms with Crippen LogP contribution in [0.15, 0.2) is 22.7 Å². The van der Waals surface area contributed by atoms with Gasteiger partial charge >= 0.3 is 0 Å². The summed E-state index contributed by atoms with van der Waals surface area (Å²) in [6.07, 6.45) is 0.800. The van der Waals surface area contributed by atoms with E-state index in [0.717, 1.165) is 27.7 Å². The van der Waals surface area contributed by atoms with Crippen LogP contribution in [0.3, 0.4) is 0 Å². The van der Waals surface area contributed by atoms with E-state index in [-0.39, 0.29) is 5.82 Å². The largest absolute Gasteiger partial charge is 0.342 e. The molecule has 2 aromatic rings. The van der Waals surface area contributed by atoms with Gasteiger partial charge in [0, 0.05) is 11.3 Å². The molecule has 1 heterocycles. The number of hydrogen-bond donors (Lipinski definition) is 1. The van der Waals surface area contributed by atoms with Gasteiger partial charge in [0.05, 0.1) is 4.47 Å². The normalized spacial score (nSPS) is 10.7. The van der Waals surface area contributed by atoms with Gasteiger partial charge in [0.2, 0.25) is 0 Å². The third-order valence-corrected chi connectivity index (χ3v) is 4.16. The number of nitrogens with one attached hydrogen (secondary N) is 1. The Morgan fingerprint density at radius 3 is 2.83 bits per heavy atom. The number of hydrogen-bond acceptors (Lipinski definition) is 2. The molecule has 94 valence electrons. The van der Waals surface area contributed by atoms with Crippen LogP contribution in [0.25, 0.3) is 11.4 Å². The maximum atomic E-state index is 13.3. The van der Waals surface area contributed by atoms with Crippen LogP contribution in [-0.2, 0) is 6.42 Å². The molecule has 1 aromatic heterocycles. The molecule has 0 radical (unpaired) electrons. The number of aryl methyl sites for hydroxylation is 2. The van der Waals surface area contributed by atoms with E-state index in [0.29, 0.717) is 10.5 Å². The Morgan fingerprint density at radius 1 is 1.44 bits per heavy atom. The molecule has 0 unspecified atom stereocenters. The van der Waals surface area contributed by atoms with Crippen molar-refractivity contribution in [1.29, 1.82) is 0 Å². The molecule has 0 fully saturated rings. The average Bonchev–Trinajstić information content (AvgIpc) is 2.35. The summed E-state index contributed by atoms with van der Waals surface area (Å²) in [5, 5.41) is 0. The van der Waals surface area contributed by atoms with Crippen molar-refractivity contribution in [3.8, 4) is 11.4 Å². The Kier molecular flexibility index (Phi) is 3.92. The fourth-order valence-corrected chi connectivity index (χ4v) is 2.41. The van der Waals surface area contributed by atoms with Crippen LogP contribution in [0.2, 0.25) is 0 Å². The maximum Gasteiger partial charge on any atom is 0.144 e. The minimum atomic E-state index is -0.280. The van der Waals surface area contributed by atoms with E-state index >= 15 is 0 Å². The van der Waals surface area contributed by atoms with E-state index in [1.54, 1.807) is 6.07 Å². The minimum absolute atomic E-state index is 0.280. The maximum absolute atomic E-state index is 13.3. The van der Waals surface area contributed by atoms with Crippen LogP contribution in [-0.4, -0.2) is 9.97 Å². The molecule has 18 heavy (non-hydrogen) atoms. The van der Waals surface area contributed by atoms with Gasteiger partial charge in [-0.05, 0) is 47.0 Å². The van der Waals surface area contributed by atoms with E-state index in [2.05, 4.69) is 25.9 Å². The molecule has 2 rings (SSSR count). The summed E-state index contributed by atoms with van der Waals surface area (Å²) in [4.78, 5) is 7.50. The Morgan fingerprint density at radius 2 is 2.17 bits per heavy atom. The van der Waals surface area contributed by atoms with Crippen molar-refractivity contribution in [2.75, 3.05) is 0 Å². The SMILES string of the molecule is CCc1[nH]c(-c2cc(F)ccc2C)nc(=S)c1Br. The lowest BCUT2D eigenvalue weighted by Crippen LogP contribution is -1.99. The van der Waals surface area contributed by atoms with E-state index in [1.165, 1.54) is 12.1 Å². The molecular formula is C13H12BrFN2S. The molecular weight excluding hydrogens is 315 g/mol. The highest BCUT2D eigenvalue weighted by Gasteiger charge is 2.09. The topological polar surface area (TPSA) is 28.7 Å². The van der Waals surface area contributed by atoms with Gasteiger partial charge in [0.1, 0.15) is 16.3 Å². The summed E-state index contributed by atoms with van der Waals surface area (Å²) in [6, 6.07) is 4.64. The first kappa shape index (κ1) is 13.4. The molecule has 1 N–H and O–H groups in total. The second kappa shape index (κ2) is 5.28. The lowest BCUT2D eigenvalue weighted by Gasteiger charge is -2.09. The number of benzene rings is 1. The van der Waals surface area contributed by atoms with Gasteiger partial charge in [-0.2, -0.15) is 0 Å². The van der Waals surface area contributed by atoms with Gasteiger partial charge in [-0.3, -0.25) is 0 Å². The predicted octanol–water partition coefficient (Wildman–Crippen LogP) is 4.58. The van der Waals surface area contributed by atoms with E-state index in [9.17, 15) is 4.39 Å². The summed E-state index contributed by atoms with van der Waals surface area (Å²) < 4.78 is 14.6. The highest BCUT2D eigenvalue weighted by atomic mass is 79.9. The first-order valence-electron chi connectivity index (χ1n) is 5.58. The Bertz CT molecular complexity index is 652. The second-order valence-corrected chi connectivity index (χ2v) is 5.18. The summed E-state index contributed by atoms with van der Waals surface area (Å²) in [7, 11) is 0. The van der Waals surface area contributed by atoms with Crippen molar-refractivity contribution in [1.82, 2.24) is 9.97 Å². The van der Waals surface area contributed by atoms with Gasteiger partial charge < -0.3 is 4.98 Å². The van der Waals surface area contributed by atoms with Gasteiger partial charge in [0.25, 0.3) is 0 Å². The highest BCUT2D eigenvalue weighted by Crippen LogP contribution is 2.24. The van der Waals surface area contributed by atoms with Gasteiger partial charge in [-0.15, -0.1) is 0 Å². The third kappa shape index (κ3) is 2.52. The van der Waals surface area contributed by atoms with Crippen molar-refractivity contribution >= 4 is 28.1 Å². The molecule has 0 bridgehead atoms. The zero-order chi connectivity index (χ0) is 13.3. The van der Waals surface area contributed by atoms with Gasteiger partial charge in [0.15, 0.2) is 0 Å². The molecule has 0 amide bonds. The summed E-state index contributed by atoms with van der Waals surface area (Å²) >= 11 is 8.61. The zero-order valence-electron chi connectivity index (χ0n) is 10.1. The second-order valence-electron chi connectivity index (χ2n) is 4.00. The average molecular weight is 327 g/mol. The Hall–Kier alpha value is -1.07. The number of rotatable bonds is 2. The van der Waals surface area contributed by atoms with Crippen LogP contribution in [0, 0.1) is 17.4 Å². The minimum Gasteiger partial charge on any atom is -0.342 e. The molecule has 0 aliphatic carbocycles. The number of aromatic amines is 1. The van der Waals surface area contributed by atoms with Crippen molar-refractivity contribution in [2.24, 2.45) is 0 Å².